The predicted octanol–water partition coefficient (Wildman–Crippen LogP) is 8.40. The van der Waals surface area contributed by atoms with E-state index < -0.39 is 7.14 Å². The van der Waals surface area contributed by atoms with E-state index >= 15 is 4.57 Å². The minimum Gasteiger partial charge on any atom is -0.309 e. The van der Waals surface area contributed by atoms with Gasteiger partial charge in [-0.1, -0.05) is 121 Å². The standard InChI is InChI=1S/C37H28NOP/c1-27-19-21-28(22-20-27)29-11-10-12-30(25-29)38-36-18-9-8-17-34(36)35-26-33(23-24-37(35)38)40(39,31-13-4-2-5-14-31)32-15-6-3-7-16-32/h2-26H,1H3. The molecule has 7 rings (SSSR count). The van der Waals surface area contributed by atoms with Crippen LogP contribution in [0.15, 0.2) is 152 Å². The van der Waals surface area contributed by atoms with Crippen molar-refractivity contribution >= 4 is 44.9 Å². The van der Waals surface area contributed by atoms with Gasteiger partial charge in [0.25, 0.3) is 0 Å². The van der Waals surface area contributed by atoms with E-state index in [2.05, 4.69) is 102 Å². The van der Waals surface area contributed by atoms with E-state index in [0.717, 1.165) is 43.4 Å². The van der Waals surface area contributed by atoms with Gasteiger partial charge >= 0.3 is 0 Å². The first-order chi connectivity index (χ1) is 19.6. The lowest BCUT2D eigenvalue weighted by molar-refractivity contribution is 0.592. The SMILES string of the molecule is Cc1ccc(-c2cccc(-n3c4ccccc4c4cc(P(=O)(c5ccccc5)c5ccccc5)ccc43)c2)cc1. The van der Waals surface area contributed by atoms with Gasteiger partial charge in [-0.25, -0.2) is 0 Å². The predicted molar refractivity (Wildman–Crippen MR) is 170 cm³/mol. The van der Waals surface area contributed by atoms with E-state index in [-0.39, 0.29) is 0 Å². The number of rotatable bonds is 5. The minimum atomic E-state index is -3.08. The summed E-state index contributed by atoms with van der Waals surface area (Å²) in [4.78, 5) is 0. The fourth-order valence-corrected chi connectivity index (χ4v) is 8.40. The van der Waals surface area contributed by atoms with Crippen molar-refractivity contribution in [3.63, 3.8) is 0 Å². The topological polar surface area (TPSA) is 22.0 Å². The lowest BCUT2D eigenvalue weighted by Gasteiger charge is -2.20. The molecule has 0 atom stereocenters. The Kier molecular flexibility index (Phi) is 5.99. The van der Waals surface area contributed by atoms with Crippen molar-refractivity contribution in [1.82, 2.24) is 4.57 Å². The van der Waals surface area contributed by atoms with Crippen molar-refractivity contribution in [3.05, 3.63) is 157 Å². The molecule has 1 aromatic heterocycles. The monoisotopic (exact) mass is 533 g/mol. The number of aromatic nitrogens is 1. The van der Waals surface area contributed by atoms with E-state index in [0.29, 0.717) is 0 Å². The molecular formula is C37H28NOP. The third-order valence-corrected chi connectivity index (χ3v) is 10.8. The third-order valence-electron chi connectivity index (χ3n) is 7.75. The van der Waals surface area contributed by atoms with Gasteiger partial charge in [-0.15, -0.1) is 0 Å². The van der Waals surface area contributed by atoms with Gasteiger partial charge in [-0.3, -0.25) is 0 Å². The lowest BCUT2D eigenvalue weighted by Crippen LogP contribution is -2.24. The second-order valence-corrected chi connectivity index (χ2v) is 13.0. The van der Waals surface area contributed by atoms with Crippen LogP contribution in [0.1, 0.15) is 5.56 Å². The fraction of sp³-hybridized carbons (Fsp3) is 0.0270. The van der Waals surface area contributed by atoms with Crippen LogP contribution < -0.4 is 15.9 Å². The zero-order chi connectivity index (χ0) is 27.1. The van der Waals surface area contributed by atoms with Crippen LogP contribution in [0.5, 0.6) is 0 Å². The molecule has 192 valence electrons. The molecule has 6 aromatic carbocycles. The van der Waals surface area contributed by atoms with E-state index in [4.69, 9.17) is 0 Å². The van der Waals surface area contributed by atoms with E-state index in [1.807, 2.05) is 60.7 Å². The zero-order valence-electron chi connectivity index (χ0n) is 22.2. The molecule has 0 N–H and O–H groups in total. The second-order valence-electron chi connectivity index (χ2n) is 10.3. The van der Waals surface area contributed by atoms with Gasteiger partial charge in [0.05, 0.1) is 11.0 Å². The summed E-state index contributed by atoms with van der Waals surface area (Å²) in [6.45, 7) is 2.11. The molecule has 0 radical (unpaired) electrons. The van der Waals surface area contributed by atoms with E-state index in [1.54, 1.807) is 0 Å². The van der Waals surface area contributed by atoms with Gasteiger partial charge in [0.15, 0.2) is 7.14 Å². The van der Waals surface area contributed by atoms with Crippen LogP contribution >= 0.6 is 7.14 Å². The third kappa shape index (κ3) is 4.01. The summed E-state index contributed by atoms with van der Waals surface area (Å²) in [5.41, 5.74) is 6.95. The van der Waals surface area contributed by atoms with Crippen molar-refractivity contribution in [2.45, 2.75) is 6.92 Å². The second kappa shape index (κ2) is 9.83. The summed E-state index contributed by atoms with van der Waals surface area (Å²) < 4.78 is 17.4. The van der Waals surface area contributed by atoms with Crippen LogP contribution in [-0.4, -0.2) is 4.57 Å². The first-order valence-electron chi connectivity index (χ1n) is 13.6. The van der Waals surface area contributed by atoms with Crippen LogP contribution in [0.25, 0.3) is 38.6 Å². The number of nitrogens with zero attached hydrogens (tertiary/aromatic N) is 1. The maximum Gasteiger partial charge on any atom is 0.171 e. The summed E-state index contributed by atoms with van der Waals surface area (Å²) in [5.74, 6) is 0. The summed E-state index contributed by atoms with van der Waals surface area (Å²) in [7, 11) is -3.08. The highest BCUT2D eigenvalue weighted by Crippen LogP contribution is 2.44. The smallest absolute Gasteiger partial charge is 0.171 e. The number of benzene rings is 6. The highest BCUT2D eigenvalue weighted by Gasteiger charge is 2.30. The average Bonchev–Trinajstić information content (AvgIpc) is 3.36. The molecular weight excluding hydrogens is 505 g/mol. The number of hydrogen-bond acceptors (Lipinski definition) is 1. The minimum absolute atomic E-state index is 0.841. The van der Waals surface area contributed by atoms with E-state index in [9.17, 15) is 0 Å². The largest absolute Gasteiger partial charge is 0.309 e. The van der Waals surface area contributed by atoms with Crippen molar-refractivity contribution in [2.24, 2.45) is 0 Å². The summed E-state index contributed by atoms with van der Waals surface area (Å²) in [5, 5.41) is 4.77. The van der Waals surface area contributed by atoms with Gasteiger partial charge in [0.1, 0.15) is 0 Å². The lowest BCUT2D eigenvalue weighted by atomic mass is 10.0. The fourth-order valence-electron chi connectivity index (χ4n) is 5.73. The normalized spacial score (nSPS) is 11.7. The highest BCUT2D eigenvalue weighted by atomic mass is 31.2. The number of aryl methyl sites for hydroxylation is 1. The molecule has 3 heteroatoms. The maximum atomic E-state index is 15.1. The Labute approximate surface area is 234 Å². The molecule has 0 bridgehead atoms. The summed E-state index contributed by atoms with van der Waals surface area (Å²) in [6, 6.07) is 52.0. The molecule has 0 unspecified atom stereocenters. The van der Waals surface area contributed by atoms with Gasteiger partial charge in [-0.2, -0.15) is 0 Å². The zero-order valence-corrected chi connectivity index (χ0v) is 23.1. The molecule has 0 saturated carbocycles. The molecule has 0 aliphatic heterocycles. The molecule has 0 aliphatic rings. The van der Waals surface area contributed by atoms with Crippen molar-refractivity contribution in [1.29, 1.82) is 0 Å². The number of hydrogen-bond donors (Lipinski definition) is 0. The first-order valence-corrected chi connectivity index (χ1v) is 15.3. The summed E-state index contributed by atoms with van der Waals surface area (Å²) in [6.07, 6.45) is 0. The highest BCUT2D eigenvalue weighted by molar-refractivity contribution is 7.85. The van der Waals surface area contributed by atoms with Crippen LogP contribution in [0, 0.1) is 6.92 Å². The van der Waals surface area contributed by atoms with Crippen LogP contribution in [-0.2, 0) is 4.57 Å². The molecule has 40 heavy (non-hydrogen) atoms. The Morgan fingerprint density at radius 3 is 1.80 bits per heavy atom. The number of para-hydroxylation sites is 1. The van der Waals surface area contributed by atoms with Crippen LogP contribution in [0.4, 0.5) is 0 Å². The average molecular weight is 534 g/mol. The number of fused-ring (bicyclic) bond motifs is 3. The summed E-state index contributed by atoms with van der Waals surface area (Å²) >= 11 is 0. The van der Waals surface area contributed by atoms with Crippen molar-refractivity contribution < 1.29 is 4.57 Å². The Hall–Kier alpha value is -4.65. The maximum absolute atomic E-state index is 15.1. The molecule has 0 spiro atoms. The van der Waals surface area contributed by atoms with E-state index in [1.165, 1.54) is 16.7 Å². The van der Waals surface area contributed by atoms with Crippen LogP contribution in [0.2, 0.25) is 0 Å². The molecule has 1 heterocycles. The molecule has 0 aliphatic carbocycles. The first kappa shape index (κ1) is 24.4. The van der Waals surface area contributed by atoms with Gasteiger partial charge in [-0.05, 0) is 54.4 Å². The Morgan fingerprint density at radius 2 is 1.10 bits per heavy atom. The molecule has 2 nitrogen and oxygen atoms in total. The Morgan fingerprint density at radius 1 is 0.475 bits per heavy atom. The van der Waals surface area contributed by atoms with Gasteiger partial charge < -0.3 is 9.13 Å². The molecule has 0 fully saturated rings. The molecule has 0 saturated heterocycles. The van der Waals surface area contributed by atoms with Crippen LogP contribution in [0.3, 0.4) is 0 Å². The van der Waals surface area contributed by atoms with Gasteiger partial charge in [0, 0.05) is 32.4 Å². The molecule has 7 aromatic rings. The quantitative estimate of drug-likeness (QED) is 0.204. The van der Waals surface area contributed by atoms with Crippen molar-refractivity contribution in [3.8, 4) is 16.8 Å². The van der Waals surface area contributed by atoms with Gasteiger partial charge in [0.2, 0.25) is 0 Å². The molecule has 0 amide bonds. The Bertz CT molecular complexity index is 1980. The Balaban J connectivity index is 1.46. The van der Waals surface area contributed by atoms with Crippen molar-refractivity contribution in [2.75, 3.05) is 0 Å².